The number of piperidine rings is 1. The molecule has 0 aliphatic carbocycles. The zero-order valence-electron chi connectivity index (χ0n) is 19.5. The number of aliphatic hydroxyl groups excluding tert-OH is 1. The molecule has 1 saturated heterocycles. The molecule has 2 aromatic carbocycles. The fraction of sp³-hybridized carbons (Fsp3) is 0.480. The minimum absolute atomic E-state index is 0.197. The Bertz CT molecular complexity index is 865. The molecule has 0 radical (unpaired) electrons. The molecule has 1 fully saturated rings. The largest absolute Gasteiger partial charge is 0.493 e. The number of likely N-dealkylation sites (tertiary alicyclic amines) is 1. The highest BCUT2D eigenvalue weighted by molar-refractivity contribution is 5.76. The lowest BCUT2D eigenvalue weighted by Gasteiger charge is -2.36. The number of esters is 1. The zero-order chi connectivity index (χ0) is 23.6. The van der Waals surface area contributed by atoms with Crippen LogP contribution in [0.15, 0.2) is 42.5 Å². The van der Waals surface area contributed by atoms with Crippen LogP contribution in [-0.4, -0.2) is 62.9 Å². The van der Waals surface area contributed by atoms with Gasteiger partial charge >= 0.3 is 5.97 Å². The second-order valence-corrected chi connectivity index (χ2v) is 7.82. The first-order valence-corrected chi connectivity index (χ1v) is 11.1. The molecular formula is C25H33NO7. The summed E-state index contributed by atoms with van der Waals surface area (Å²) in [6, 6.07) is 12.8. The highest BCUT2D eigenvalue weighted by Gasteiger charge is 2.34. The summed E-state index contributed by atoms with van der Waals surface area (Å²) in [5, 5.41) is 10.6. The molecular weight excluding hydrogens is 426 g/mol. The van der Waals surface area contributed by atoms with Crippen molar-refractivity contribution in [3.63, 3.8) is 0 Å². The highest BCUT2D eigenvalue weighted by Crippen LogP contribution is 2.38. The molecule has 2 atom stereocenters. The maximum atomic E-state index is 12.8. The SMILES string of the molecule is COc1cc(CCOC(=O)C2CCCCN2C(O)OCc2ccccc2)cc(OC)c1OC. The van der Waals surface area contributed by atoms with Crippen molar-refractivity contribution in [3.8, 4) is 17.2 Å². The second kappa shape index (κ2) is 12.4. The van der Waals surface area contributed by atoms with Crippen molar-refractivity contribution in [1.29, 1.82) is 0 Å². The normalized spacial score (nSPS) is 17.3. The molecule has 0 spiro atoms. The molecule has 0 aromatic heterocycles. The first-order valence-electron chi connectivity index (χ1n) is 11.1. The van der Waals surface area contributed by atoms with Gasteiger partial charge in [-0.3, -0.25) is 4.79 Å². The van der Waals surface area contributed by atoms with Gasteiger partial charge in [0.05, 0.1) is 34.5 Å². The van der Waals surface area contributed by atoms with Crippen LogP contribution in [0.1, 0.15) is 30.4 Å². The van der Waals surface area contributed by atoms with Gasteiger partial charge in [-0.2, -0.15) is 0 Å². The quantitative estimate of drug-likeness (QED) is 0.405. The summed E-state index contributed by atoms with van der Waals surface area (Å²) in [5.74, 6) is 1.26. The third-order valence-corrected chi connectivity index (χ3v) is 5.70. The predicted octanol–water partition coefficient (Wildman–Crippen LogP) is 3.15. The molecule has 0 bridgehead atoms. The van der Waals surface area contributed by atoms with Gasteiger partial charge in [0.1, 0.15) is 6.04 Å². The molecule has 33 heavy (non-hydrogen) atoms. The van der Waals surface area contributed by atoms with Crippen molar-refractivity contribution in [3.05, 3.63) is 53.6 Å². The van der Waals surface area contributed by atoms with Gasteiger partial charge in [0.25, 0.3) is 0 Å². The van der Waals surface area contributed by atoms with Crippen LogP contribution in [0.5, 0.6) is 17.2 Å². The predicted molar refractivity (Wildman–Crippen MR) is 122 cm³/mol. The number of aliphatic hydroxyl groups is 1. The van der Waals surface area contributed by atoms with E-state index in [2.05, 4.69) is 0 Å². The fourth-order valence-electron chi connectivity index (χ4n) is 3.96. The summed E-state index contributed by atoms with van der Waals surface area (Å²) in [6.45, 7) is 1.03. The van der Waals surface area contributed by atoms with Gasteiger partial charge in [-0.15, -0.1) is 0 Å². The zero-order valence-corrected chi connectivity index (χ0v) is 19.5. The lowest BCUT2D eigenvalue weighted by Crippen LogP contribution is -2.51. The smallest absolute Gasteiger partial charge is 0.323 e. The molecule has 1 heterocycles. The lowest BCUT2D eigenvalue weighted by atomic mass is 10.0. The van der Waals surface area contributed by atoms with E-state index < -0.39 is 12.5 Å². The van der Waals surface area contributed by atoms with Crippen LogP contribution in [0.3, 0.4) is 0 Å². The van der Waals surface area contributed by atoms with Crippen molar-refractivity contribution in [2.45, 2.75) is 44.7 Å². The molecule has 1 N–H and O–H groups in total. The van der Waals surface area contributed by atoms with E-state index in [9.17, 15) is 9.90 Å². The maximum Gasteiger partial charge on any atom is 0.323 e. The van der Waals surface area contributed by atoms with Crippen molar-refractivity contribution in [1.82, 2.24) is 4.90 Å². The fourth-order valence-corrected chi connectivity index (χ4v) is 3.96. The van der Waals surface area contributed by atoms with Gasteiger partial charge in [0, 0.05) is 13.0 Å². The Morgan fingerprint density at radius 1 is 1.03 bits per heavy atom. The first kappa shape index (κ1) is 24.8. The molecule has 1 aliphatic heterocycles. The van der Waals surface area contributed by atoms with Crippen molar-refractivity contribution in [2.75, 3.05) is 34.5 Å². The lowest BCUT2D eigenvalue weighted by molar-refractivity contribution is -0.222. The molecule has 2 unspecified atom stereocenters. The van der Waals surface area contributed by atoms with E-state index in [1.807, 2.05) is 42.5 Å². The number of hydrogen-bond donors (Lipinski definition) is 1. The van der Waals surface area contributed by atoms with Crippen LogP contribution in [0, 0.1) is 0 Å². The van der Waals surface area contributed by atoms with E-state index in [0.717, 1.165) is 24.0 Å². The number of carbonyl (C=O) groups is 1. The minimum atomic E-state index is -1.17. The average molecular weight is 460 g/mol. The maximum absolute atomic E-state index is 12.8. The molecule has 0 saturated carbocycles. The van der Waals surface area contributed by atoms with Crippen molar-refractivity contribution < 1.29 is 33.6 Å². The second-order valence-electron chi connectivity index (χ2n) is 7.82. The molecule has 2 aromatic rings. The summed E-state index contributed by atoms with van der Waals surface area (Å²) in [4.78, 5) is 14.5. The van der Waals surface area contributed by atoms with Gasteiger partial charge in [-0.1, -0.05) is 36.8 Å². The summed E-state index contributed by atoms with van der Waals surface area (Å²) >= 11 is 0. The van der Waals surface area contributed by atoms with E-state index in [0.29, 0.717) is 36.6 Å². The van der Waals surface area contributed by atoms with Crippen LogP contribution in [0.4, 0.5) is 0 Å². The Balaban J connectivity index is 1.56. The number of ether oxygens (including phenoxy) is 5. The Labute approximate surface area is 195 Å². The monoisotopic (exact) mass is 459 g/mol. The number of benzene rings is 2. The standard InChI is InChI=1S/C25H33NO7/c1-29-21-15-19(16-22(30-2)23(21)31-3)12-14-32-24(27)20-11-7-8-13-26(20)25(28)33-17-18-9-5-4-6-10-18/h4-6,9-10,15-16,20,25,28H,7-8,11-14,17H2,1-3H3. The molecule has 180 valence electrons. The van der Waals surface area contributed by atoms with Gasteiger partial charge in [0.2, 0.25) is 12.2 Å². The number of hydrogen-bond acceptors (Lipinski definition) is 8. The number of carbonyl (C=O) groups excluding carboxylic acids is 1. The van der Waals surface area contributed by atoms with E-state index in [4.69, 9.17) is 23.7 Å². The summed E-state index contributed by atoms with van der Waals surface area (Å²) in [6.07, 6.45) is 1.73. The number of methoxy groups -OCH3 is 3. The van der Waals surface area contributed by atoms with E-state index in [1.165, 1.54) is 0 Å². The molecule has 8 heteroatoms. The van der Waals surface area contributed by atoms with Crippen LogP contribution in [0.25, 0.3) is 0 Å². The molecule has 1 aliphatic rings. The van der Waals surface area contributed by atoms with E-state index in [-0.39, 0.29) is 19.2 Å². The van der Waals surface area contributed by atoms with Crippen molar-refractivity contribution >= 4 is 5.97 Å². The number of nitrogens with zero attached hydrogens (tertiary/aromatic N) is 1. The minimum Gasteiger partial charge on any atom is -0.493 e. The topological polar surface area (TPSA) is 86.7 Å². The summed E-state index contributed by atoms with van der Waals surface area (Å²) < 4.78 is 27.3. The Kier molecular flexibility index (Phi) is 9.35. The van der Waals surface area contributed by atoms with Crippen LogP contribution in [-0.2, 0) is 27.3 Å². The van der Waals surface area contributed by atoms with Crippen LogP contribution >= 0.6 is 0 Å². The van der Waals surface area contributed by atoms with Gasteiger partial charge in [-0.05, 0) is 36.1 Å². The Morgan fingerprint density at radius 3 is 2.36 bits per heavy atom. The van der Waals surface area contributed by atoms with Gasteiger partial charge in [0.15, 0.2) is 11.5 Å². The first-order chi connectivity index (χ1) is 16.1. The van der Waals surface area contributed by atoms with Gasteiger partial charge in [-0.25, -0.2) is 4.90 Å². The van der Waals surface area contributed by atoms with Crippen LogP contribution < -0.4 is 14.2 Å². The van der Waals surface area contributed by atoms with Crippen molar-refractivity contribution in [2.24, 2.45) is 0 Å². The molecule has 3 rings (SSSR count). The highest BCUT2D eigenvalue weighted by atomic mass is 16.6. The number of rotatable bonds is 11. The average Bonchev–Trinajstić information content (AvgIpc) is 2.87. The third-order valence-electron chi connectivity index (χ3n) is 5.70. The Morgan fingerprint density at radius 2 is 1.73 bits per heavy atom. The van der Waals surface area contributed by atoms with Crippen LogP contribution in [0.2, 0.25) is 0 Å². The molecule has 0 amide bonds. The van der Waals surface area contributed by atoms with E-state index >= 15 is 0 Å². The molecule has 8 nitrogen and oxygen atoms in total. The van der Waals surface area contributed by atoms with E-state index in [1.54, 1.807) is 26.2 Å². The third kappa shape index (κ3) is 6.60. The van der Waals surface area contributed by atoms with Gasteiger partial charge < -0.3 is 28.8 Å². The summed E-state index contributed by atoms with van der Waals surface area (Å²) in [7, 11) is 4.67. The Hall–Kier alpha value is -2.81. The summed E-state index contributed by atoms with van der Waals surface area (Å²) in [5.41, 5.74) is 1.85.